The Hall–Kier alpha value is -2.01. The number of nitrogens with two attached hydrogens (primary N) is 1. The van der Waals surface area contributed by atoms with Gasteiger partial charge >= 0.3 is 0 Å². The van der Waals surface area contributed by atoms with Gasteiger partial charge in [-0.3, -0.25) is 4.79 Å². The Kier molecular flexibility index (Phi) is 3.14. The summed E-state index contributed by atoms with van der Waals surface area (Å²) in [5, 5.41) is 7.99. The molecule has 106 valence electrons. The van der Waals surface area contributed by atoms with Crippen LogP contribution in [0.5, 0.6) is 0 Å². The van der Waals surface area contributed by atoms with Crippen LogP contribution in [-0.2, 0) is 0 Å². The first-order chi connectivity index (χ1) is 9.58. The van der Waals surface area contributed by atoms with E-state index in [4.69, 9.17) is 5.73 Å². The van der Waals surface area contributed by atoms with Crippen LogP contribution in [0.3, 0.4) is 0 Å². The monoisotopic (exact) mass is 272 g/mol. The highest BCUT2D eigenvalue weighted by Gasteiger charge is 2.19. The van der Waals surface area contributed by atoms with Gasteiger partial charge in [-0.25, -0.2) is 0 Å². The van der Waals surface area contributed by atoms with Gasteiger partial charge in [0.05, 0.1) is 11.1 Å². The van der Waals surface area contributed by atoms with Gasteiger partial charge in [0.25, 0.3) is 5.91 Å². The molecule has 2 heterocycles. The molecule has 0 saturated carbocycles. The molecule has 0 unspecified atom stereocenters. The summed E-state index contributed by atoms with van der Waals surface area (Å²) in [7, 11) is 0. The van der Waals surface area contributed by atoms with Crippen molar-refractivity contribution in [1.29, 1.82) is 0 Å². The molecule has 5 heteroatoms. The highest BCUT2D eigenvalue weighted by Crippen LogP contribution is 2.32. The second kappa shape index (κ2) is 4.83. The van der Waals surface area contributed by atoms with Crippen molar-refractivity contribution in [3.05, 3.63) is 29.0 Å². The number of benzene rings is 1. The van der Waals surface area contributed by atoms with Crippen LogP contribution in [0.2, 0.25) is 0 Å². The van der Waals surface area contributed by atoms with E-state index in [2.05, 4.69) is 22.5 Å². The van der Waals surface area contributed by atoms with Crippen LogP contribution in [0.4, 0.5) is 5.69 Å². The minimum absolute atomic E-state index is 0.398. The molecule has 0 radical (unpaired) electrons. The maximum absolute atomic E-state index is 11.6. The van der Waals surface area contributed by atoms with E-state index in [9.17, 15) is 4.79 Å². The Bertz CT molecular complexity index is 668. The Morgan fingerprint density at radius 3 is 2.85 bits per heavy atom. The van der Waals surface area contributed by atoms with E-state index in [-0.39, 0.29) is 0 Å². The van der Waals surface area contributed by atoms with Gasteiger partial charge in [-0.1, -0.05) is 0 Å². The maximum Gasteiger partial charge on any atom is 0.250 e. The van der Waals surface area contributed by atoms with Crippen LogP contribution in [-0.4, -0.2) is 30.0 Å². The van der Waals surface area contributed by atoms with Gasteiger partial charge in [0.2, 0.25) is 0 Å². The predicted molar refractivity (Wildman–Crippen MR) is 81.2 cm³/mol. The van der Waals surface area contributed by atoms with E-state index >= 15 is 0 Å². The summed E-state index contributed by atoms with van der Waals surface area (Å²) in [6.07, 6.45) is 1.11. The topological polar surface area (TPSA) is 82.9 Å². The SMILES string of the molecule is Cc1[nH]c2c(C(N)=O)ccc(N[C@@H]3CCNC3)c2c1C. The summed E-state index contributed by atoms with van der Waals surface area (Å²) in [4.78, 5) is 14.8. The third-order valence-corrected chi connectivity index (χ3v) is 4.14. The number of anilines is 1. The molecule has 3 rings (SSSR count). The number of hydrogen-bond acceptors (Lipinski definition) is 3. The summed E-state index contributed by atoms with van der Waals surface area (Å²) < 4.78 is 0. The quantitative estimate of drug-likeness (QED) is 0.685. The Balaban J connectivity index is 2.12. The number of nitrogens with one attached hydrogen (secondary N) is 3. The fourth-order valence-corrected chi connectivity index (χ4v) is 2.91. The summed E-state index contributed by atoms with van der Waals surface area (Å²) in [5.41, 5.74) is 10.2. The molecule has 1 aliphatic rings. The zero-order chi connectivity index (χ0) is 14.3. The average molecular weight is 272 g/mol. The van der Waals surface area contributed by atoms with Gasteiger partial charge in [0.1, 0.15) is 0 Å². The van der Waals surface area contributed by atoms with E-state index in [1.807, 2.05) is 13.0 Å². The Morgan fingerprint density at radius 1 is 1.40 bits per heavy atom. The molecule has 1 aromatic carbocycles. The first-order valence-electron chi connectivity index (χ1n) is 6.97. The summed E-state index contributed by atoms with van der Waals surface area (Å²) in [6.45, 7) is 6.10. The van der Waals surface area contributed by atoms with E-state index in [1.54, 1.807) is 6.07 Å². The first-order valence-corrected chi connectivity index (χ1v) is 6.97. The smallest absolute Gasteiger partial charge is 0.250 e. The van der Waals surface area contributed by atoms with Crippen molar-refractivity contribution in [2.24, 2.45) is 5.73 Å². The highest BCUT2D eigenvalue weighted by molar-refractivity contribution is 6.09. The number of amides is 1. The number of fused-ring (bicyclic) bond motifs is 1. The van der Waals surface area contributed by atoms with Gasteiger partial charge in [-0.15, -0.1) is 0 Å². The molecule has 5 nitrogen and oxygen atoms in total. The molecule has 5 N–H and O–H groups in total. The number of aryl methyl sites for hydroxylation is 2. The molecular weight excluding hydrogens is 252 g/mol. The number of hydrogen-bond donors (Lipinski definition) is 4. The predicted octanol–water partition coefficient (Wildman–Crippen LogP) is 1.66. The lowest BCUT2D eigenvalue weighted by atomic mass is 10.0. The van der Waals surface area contributed by atoms with Crippen LogP contribution in [0.25, 0.3) is 10.9 Å². The van der Waals surface area contributed by atoms with Crippen molar-refractivity contribution >= 4 is 22.5 Å². The largest absolute Gasteiger partial charge is 0.380 e. The minimum atomic E-state index is -0.398. The molecule has 1 fully saturated rings. The number of primary amides is 1. The molecule has 1 amide bonds. The Morgan fingerprint density at radius 2 is 2.20 bits per heavy atom. The van der Waals surface area contributed by atoms with Crippen molar-refractivity contribution in [1.82, 2.24) is 10.3 Å². The molecule has 1 atom stereocenters. The van der Waals surface area contributed by atoms with Gasteiger partial charge in [-0.2, -0.15) is 0 Å². The number of carbonyl (C=O) groups excluding carboxylic acids is 1. The van der Waals surface area contributed by atoms with Crippen molar-refractivity contribution in [2.75, 3.05) is 18.4 Å². The zero-order valence-electron chi connectivity index (χ0n) is 11.8. The van der Waals surface area contributed by atoms with Crippen LogP contribution in [0.1, 0.15) is 28.0 Å². The van der Waals surface area contributed by atoms with Crippen molar-refractivity contribution in [2.45, 2.75) is 26.3 Å². The second-order valence-electron chi connectivity index (χ2n) is 5.48. The first kappa shape index (κ1) is 13.0. The van der Waals surface area contributed by atoms with Crippen molar-refractivity contribution in [3.63, 3.8) is 0 Å². The maximum atomic E-state index is 11.6. The Labute approximate surface area is 117 Å². The molecule has 1 aromatic heterocycles. The zero-order valence-corrected chi connectivity index (χ0v) is 11.8. The molecule has 0 aliphatic carbocycles. The number of rotatable bonds is 3. The lowest BCUT2D eigenvalue weighted by Crippen LogP contribution is -2.22. The van der Waals surface area contributed by atoms with Crippen LogP contribution < -0.4 is 16.4 Å². The normalized spacial score (nSPS) is 18.6. The number of carbonyl (C=O) groups is 1. The van der Waals surface area contributed by atoms with Gasteiger partial charge in [0, 0.05) is 29.4 Å². The summed E-state index contributed by atoms with van der Waals surface area (Å²) >= 11 is 0. The van der Waals surface area contributed by atoms with Gasteiger partial charge < -0.3 is 21.4 Å². The van der Waals surface area contributed by atoms with Gasteiger partial charge in [-0.05, 0) is 44.5 Å². The number of aromatic amines is 1. The highest BCUT2D eigenvalue weighted by atomic mass is 16.1. The van der Waals surface area contributed by atoms with Crippen LogP contribution >= 0.6 is 0 Å². The summed E-state index contributed by atoms with van der Waals surface area (Å²) in [5.74, 6) is -0.398. The molecule has 0 bridgehead atoms. The number of H-pyrrole nitrogens is 1. The fraction of sp³-hybridized carbons (Fsp3) is 0.400. The molecular formula is C15H20N4O. The minimum Gasteiger partial charge on any atom is -0.380 e. The molecule has 2 aromatic rings. The van der Waals surface area contributed by atoms with Crippen LogP contribution in [0, 0.1) is 13.8 Å². The molecule has 0 spiro atoms. The van der Waals surface area contributed by atoms with Crippen molar-refractivity contribution < 1.29 is 4.79 Å². The average Bonchev–Trinajstić information content (AvgIpc) is 2.99. The molecule has 20 heavy (non-hydrogen) atoms. The molecule has 1 aliphatic heterocycles. The van der Waals surface area contributed by atoms with E-state index in [0.717, 1.165) is 47.4 Å². The van der Waals surface area contributed by atoms with E-state index in [0.29, 0.717) is 11.6 Å². The number of aromatic nitrogens is 1. The van der Waals surface area contributed by atoms with E-state index < -0.39 is 5.91 Å². The van der Waals surface area contributed by atoms with Crippen LogP contribution in [0.15, 0.2) is 12.1 Å². The third kappa shape index (κ3) is 2.04. The third-order valence-electron chi connectivity index (χ3n) is 4.14. The van der Waals surface area contributed by atoms with E-state index in [1.165, 1.54) is 0 Å². The lowest BCUT2D eigenvalue weighted by Gasteiger charge is -2.15. The fourth-order valence-electron chi connectivity index (χ4n) is 2.91. The lowest BCUT2D eigenvalue weighted by molar-refractivity contribution is 0.100. The molecule has 1 saturated heterocycles. The summed E-state index contributed by atoms with van der Waals surface area (Å²) in [6, 6.07) is 4.19. The standard InChI is InChI=1S/C15H20N4O/c1-8-9(2)18-14-11(15(16)20)3-4-12(13(8)14)19-10-5-6-17-7-10/h3-4,10,17-19H,5-7H2,1-2H3,(H2,16,20)/t10-/m1/s1. The van der Waals surface area contributed by atoms with Gasteiger partial charge in [0.15, 0.2) is 0 Å². The second-order valence-corrected chi connectivity index (χ2v) is 5.48. The van der Waals surface area contributed by atoms with Crippen molar-refractivity contribution in [3.8, 4) is 0 Å².